The summed E-state index contributed by atoms with van der Waals surface area (Å²) in [5.74, 6) is 0. The smallest absolute Gasteiger partial charge is 0.0490 e. The van der Waals surface area contributed by atoms with Crippen molar-refractivity contribution in [3.63, 3.8) is 0 Å². The summed E-state index contributed by atoms with van der Waals surface area (Å²) in [4.78, 5) is 1.28. The average Bonchev–Trinajstić information content (AvgIpc) is 2.42. The fourth-order valence-corrected chi connectivity index (χ4v) is 3.02. The summed E-state index contributed by atoms with van der Waals surface area (Å²) in [6, 6.07) is 14.6. The van der Waals surface area contributed by atoms with Crippen molar-refractivity contribution in [2.45, 2.75) is 17.9 Å². The van der Waals surface area contributed by atoms with Crippen LogP contribution in [0.2, 0.25) is 5.02 Å². The molecule has 2 aromatic carbocycles. The molecule has 1 unspecified atom stereocenters. The zero-order chi connectivity index (χ0) is 13.8. The van der Waals surface area contributed by atoms with Crippen molar-refractivity contribution in [1.82, 2.24) is 0 Å². The van der Waals surface area contributed by atoms with E-state index in [1.165, 1.54) is 10.5 Å². The van der Waals surface area contributed by atoms with Crippen LogP contribution in [0, 0.1) is 0 Å². The quantitative estimate of drug-likeness (QED) is 0.674. The highest BCUT2D eigenvalue weighted by molar-refractivity contribution is 9.10. The van der Waals surface area contributed by atoms with Crippen LogP contribution in [-0.4, -0.2) is 6.26 Å². The van der Waals surface area contributed by atoms with E-state index in [0.717, 1.165) is 15.2 Å². The van der Waals surface area contributed by atoms with Crippen molar-refractivity contribution in [2.75, 3.05) is 11.6 Å². The number of anilines is 1. The zero-order valence-corrected chi connectivity index (χ0v) is 13.9. The van der Waals surface area contributed by atoms with E-state index < -0.39 is 0 Å². The van der Waals surface area contributed by atoms with E-state index in [1.54, 1.807) is 11.8 Å². The summed E-state index contributed by atoms with van der Waals surface area (Å²) in [5.41, 5.74) is 2.31. The van der Waals surface area contributed by atoms with Gasteiger partial charge in [0.15, 0.2) is 0 Å². The van der Waals surface area contributed by atoms with Crippen LogP contribution in [0.5, 0.6) is 0 Å². The first kappa shape index (κ1) is 14.8. The number of hydrogen-bond donors (Lipinski definition) is 1. The van der Waals surface area contributed by atoms with Crippen LogP contribution in [0.3, 0.4) is 0 Å². The first-order chi connectivity index (χ1) is 9.10. The lowest BCUT2D eigenvalue weighted by Crippen LogP contribution is -2.06. The monoisotopic (exact) mass is 355 g/mol. The van der Waals surface area contributed by atoms with Crippen molar-refractivity contribution < 1.29 is 0 Å². The molecular formula is C15H15BrClNS. The van der Waals surface area contributed by atoms with Crippen molar-refractivity contribution in [1.29, 1.82) is 0 Å². The number of halogens is 2. The molecule has 0 amide bonds. The molecule has 4 heteroatoms. The summed E-state index contributed by atoms with van der Waals surface area (Å²) in [6.07, 6.45) is 2.08. The van der Waals surface area contributed by atoms with Gasteiger partial charge in [0.2, 0.25) is 0 Å². The Morgan fingerprint density at radius 3 is 2.42 bits per heavy atom. The number of benzene rings is 2. The van der Waals surface area contributed by atoms with E-state index in [2.05, 4.69) is 58.7 Å². The molecule has 0 aliphatic rings. The van der Waals surface area contributed by atoms with Crippen LogP contribution < -0.4 is 5.32 Å². The molecule has 2 rings (SSSR count). The molecule has 0 aliphatic carbocycles. The fraction of sp³-hybridized carbons (Fsp3) is 0.200. The predicted octanol–water partition coefficient (Wildman–Crippen LogP) is 6.00. The van der Waals surface area contributed by atoms with Gasteiger partial charge >= 0.3 is 0 Å². The van der Waals surface area contributed by atoms with Crippen molar-refractivity contribution in [3.8, 4) is 0 Å². The van der Waals surface area contributed by atoms with Crippen LogP contribution >= 0.6 is 39.3 Å². The standard InChI is InChI=1S/C15H15BrClNS/c1-10(11-3-6-13(19-2)7-4-11)18-15-8-5-12(17)9-14(15)16/h3-10,18H,1-2H3. The van der Waals surface area contributed by atoms with Crippen LogP contribution in [0.4, 0.5) is 5.69 Å². The Morgan fingerprint density at radius 1 is 1.16 bits per heavy atom. The summed E-state index contributed by atoms with van der Waals surface area (Å²) in [7, 11) is 0. The average molecular weight is 357 g/mol. The molecular weight excluding hydrogens is 342 g/mol. The van der Waals surface area contributed by atoms with Gasteiger partial charge in [0.1, 0.15) is 0 Å². The number of thioether (sulfide) groups is 1. The van der Waals surface area contributed by atoms with Gasteiger partial charge < -0.3 is 5.32 Å². The first-order valence-corrected chi connectivity index (χ1v) is 8.35. The zero-order valence-electron chi connectivity index (χ0n) is 10.8. The van der Waals surface area contributed by atoms with E-state index in [9.17, 15) is 0 Å². The molecule has 100 valence electrons. The van der Waals surface area contributed by atoms with Gasteiger partial charge in [0, 0.05) is 26.1 Å². The van der Waals surface area contributed by atoms with Crippen molar-refractivity contribution in [3.05, 3.63) is 57.5 Å². The molecule has 0 bridgehead atoms. The summed E-state index contributed by atoms with van der Waals surface area (Å²) in [6.45, 7) is 2.15. The molecule has 19 heavy (non-hydrogen) atoms. The van der Waals surface area contributed by atoms with Crippen LogP contribution in [0.15, 0.2) is 51.8 Å². The van der Waals surface area contributed by atoms with Crippen molar-refractivity contribution >= 4 is 45.0 Å². The lowest BCUT2D eigenvalue weighted by atomic mass is 10.1. The van der Waals surface area contributed by atoms with Gasteiger partial charge in [-0.25, -0.2) is 0 Å². The van der Waals surface area contributed by atoms with E-state index in [1.807, 2.05) is 18.2 Å². The molecule has 1 atom stereocenters. The van der Waals surface area contributed by atoms with Gasteiger partial charge in [-0.15, -0.1) is 11.8 Å². The third-order valence-corrected chi connectivity index (χ3v) is 4.55. The topological polar surface area (TPSA) is 12.0 Å². The molecule has 0 aromatic heterocycles. The van der Waals surface area contributed by atoms with Gasteiger partial charge in [-0.2, -0.15) is 0 Å². The summed E-state index contributed by atoms with van der Waals surface area (Å²) in [5, 5.41) is 4.21. The SMILES string of the molecule is CSc1ccc(C(C)Nc2ccc(Cl)cc2Br)cc1. The maximum Gasteiger partial charge on any atom is 0.0490 e. The highest BCUT2D eigenvalue weighted by Crippen LogP contribution is 2.29. The van der Waals surface area contributed by atoms with Crippen LogP contribution in [0.25, 0.3) is 0 Å². The second-order valence-corrected chi connectivity index (χ2v) is 6.43. The first-order valence-electron chi connectivity index (χ1n) is 5.95. The van der Waals surface area contributed by atoms with Crippen LogP contribution in [-0.2, 0) is 0 Å². The van der Waals surface area contributed by atoms with Gasteiger partial charge in [0.05, 0.1) is 0 Å². The van der Waals surface area contributed by atoms with Crippen LogP contribution in [0.1, 0.15) is 18.5 Å². The summed E-state index contributed by atoms with van der Waals surface area (Å²) < 4.78 is 0.979. The minimum atomic E-state index is 0.244. The number of nitrogens with one attached hydrogen (secondary N) is 1. The Hall–Kier alpha value is -0.640. The van der Waals surface area contributed by atoms with E-state index in [-0.39, 0.29) is 6.04 Å². The Kier molecular flexibility index (Phi) is 5.20. The molecule has 2 aromatic rings. The highest BCUT2D eigenvalue weighted by Gasteiger charge is 2.07. The van der Waals surface area contributed by atoms with Gasteiger partial charge in [-0.3, -0.25) is 0 Å². The Balaban J connectivity index is 2.13. The highest BCUT2D eigenvalue weighted by atomic mass is 79.9. The molecule has 0 fully saturated rings. The Morgan fingerprint density at radius 2 is 1.84 bits per heavy atom. The maximum absolute atomic E-state index is 5.94. The second-order valence-electron chi connectivity index (χ2n) is 4.26. The van der Waals surface area contributed by atoms with E-state index in [0.29, 0.717) is 0 Å². The molecule has 0 saturated heterocycles. The number of rotatable bonds is 4. The maximum atomic E-state index is 5.94. The molecule has 1 nitrogen and oxygen atoms in total. The molecule has 0 saturated carbocycles. The van der Waals surface area contributed by atoms with E-state index >= 15 is 0 Å². The lowest BCUT2D eigenvalue weighted by Gasteiger charge is -2.17. The molecule has 0 heterocycles. The van der Waals surface area contributed by atoms with E-state index in [4.69, 9.17) is 11.6 Å². The Labute approximate surface area is 131 Å². The Bertz CT molecular complexity index is 557. The fourth-order valence-electron chi connectivity index (χ4n) is 1.82. The van der Waals surface area contributed by atoms with Gasteiger partial charge in [-0.1, -0.05) is 23.7 Å². The van der Waals surface area contributed by atoms with Gasteiger partial charge in [0.25, 0.3) is 0 Å². The third kappa shape index (κ3) is 3.91. The molecule has 0 aliphatic heterocycles. The minimum absolute atomic E-state index is 0.244. The molecule has 0 spiro atoms. The van der Waals surface area contributed by atoms with Crippen molar-refractivity contribution in [2.24, 2.45) is 0 Å². The summed E-state index contributed by atoms with van der Waals surface area (Å²) >= 11 is 11.2. The predicted molar refractivity (Wildman–Crippen MR) is 89.4 cm³/mol. The lowest BCUT2D eigenvalue weighted by molar-refractivity contribution is 0.881. The van der Waals surface area contributed by atoms with Gasteiger partial charge in [-0.05, 0) is 65.0 Å². The normalized spacial score (nSPS) is 12.2. The number of hydrogen-bond acceptors (Lipinski definition) is 2. The molecule has 0 radical (unpaired) electrons. The molecule has 1 N–H and O–H groups in total. The third-order valence-electron chi connectivity index (χ3n) is 2.92. The minimum Gasteiger partial charge on any atom is -0.378 e. The second kappa shape index (κ2) is 6.69. The largest absolute Gasteiger partial charge is 0.378 e.